The van der Waals surface area contributed by atoms with E-state index in [1.807, 2.05) is 12.1 Å². The second kappa shape index (κ2) is 9.81. The first-order valence-electron chi connectivity index (χ1n) is 7.64. The van der Waals surface area contributed by atoms with Crippen molar-refractivity contribution >= 4 is 46.2 Å². The number of esters is 1. The van der Waals surface area contributed by atoms with Crippen molar-refractivity contribution in [2.75, 3.05) is 26.1 Å². The SMILES string of the molecule is COc1ccc(OC)c(/C=C\C(=O)OCC(=O)Nc2ccc(I)cc2)c1. The molecule has 0 aliphatic carbocycles. The summed E-state index contributed by atoms with van der Waals surface area (Å²) < 4.78 is 16.4. The van der Waals surface area contributed by atoms with Crippen molar-refractivity contribution in [1.29, 1.82) is 0 Å². The summed E-state index contributed by atoms with van der Waals surface area (Å²) in [6, 6.07) is 12.5. The summed E-state index contributed by atoms with van der Waals surface area (Å²) in [5.41, 5.74) is 1.30. The summed E-state index contributed by atoms with van der Waals surface area (Å²) in [5, 5.41) is 2.65. The zero-order valence-electron chi connectivity index (χ0n) is 14.3. The van der Waals surface area contributed by atoms with Crippen molar-refractivity contribution < 1.29 is 23.8 Å². The molecule has 0 fully saturated rings. The lowest BCUT2D eigenvalue weighted by atomic mass is 10.1. The molecule has 0 heterocycles. The molecular weight excluding hydrogens is 449 g/mol. The van der Waals surface area contributed by atoms with E-state index in [-0.39, 0.29) is 6.61 Å². The predicted octanol–water partition coefficient (Wildman–Crippen LogP) is 3.50. The van der Waals surface area contributed by atoms with Crippen molar-refractivity contribution in [2.24, 2.45) is 0 Å². The molecule has 136 valence electrons. The second-order valence-corrected chi connectivity index (χ2v) is 6.35. The Balaban J connectivity index is 1.89. The molecule has 2 aromatic rings. The van der Waals surface area contributed by atoms with Gasteiger partial charge in [-0.3, -0.25) is 4.79 Å². The number of carbonyl (C=O) groups is 2. The molecule has 1 N–H and O–H groups in total. The van der Waals surface area contributed by atoms with E-state index >= 15 is 0 Å². The molecule has 0 saturated heterocycles. The van der Waals surface area contributed by atoms with Gasteiger partial charge in [-0.05, 0) is 71.1 Å². The maximum atomic E-state index is 11.8. The first-order valence-corrected chi connectivity index (χ1v) is 8.72. The van der Waals surface area contributed by atoms with Crippen LogP contribution in [0, 0.1) is 3.57 Å². The molecule has 1 amide bonds. The zero-order valence-corrected chi connectivity index (χ0v) is 16.5. The molecule has 0 spiro atoms. The molecule has 6 nitrogen and oxygen atoms in total. The molecule has 0 bridgehead atoms. The topological polar surface area (TPSA) is 73.9 Å². The number of methoxy groups -OCH3 is 2. The molecule has 0 radical (unpaired) electrons. The minimum absolute atomic E-state index is 0.371. The van der Waals surface area contributed by atoms with Crippen LogP contribution in [-0.2, 0) is 14.3 Å². The van der Waals surface area contributed by atoms with Crippen LogP contribution in [0.15, 0.2) is 48.5 Å². The summed E-state index contributed by atoms with van der Waals surface area (Å²) in [6.07, 6.45) is 2.77. The predicted molar refractivity (Wildman–Crippen MR) is 107 cm³/mol. The van der Waals surface area contributed by atoms with Crippen LogP contribution in [0.2, 0.25) is 0 Å². The smallest absolute Gasteiger partial charge is 0.331 e. The Hall–Kier alpha value is -2.55. The quantitative estimate of drug-likeness (QED) is 0.384. The van der Waals surface area contributed by atoms with Crippen LogP contribution in [0.25, 0.3) is 6.08 Å². The fourth-order valence-corrected chi connectivity index (χ4v) is 2.40. The number of halogens is 1. The number of amides is 1. The number of nitrogens with one attached hydrogen (secondary N) is 1. The van der Waals surface area contributed by atoms with Gasteiger partial charge in [0.05, 0.1) is 14.2 Å². The summed E-state index contributed by atoms with van der Waals surface area (Å²) >= 11 is 2.17. The van der Waals surface area contributed by atoms with Gasteiger partial charge in [-0.25, -0.2) is 4.79 Å². The lowest BCUT2D eigenvalue weighted by Gasteiger charge is -2.07. The molecular formula is C19H18INO5. The molecule has 0 aromatic heterocycles. The van der Waals surface area contributed by atoms with Gasteiger partial charge >= 0.3 is 5.97 Å². The fraction of sp³-hybridized carbons (Fsp3) is 0.158. The highest BCUT2D eigenvalue weighted by Gasteiger charge is 2.07. The molecule has 0 saturated carbocycles. The maximum absolute atomic E-state index is 11.8. The van der Waals surface area contributed by atoms with Gasteiger partial charge in [0.25, 0.3) is 5.91 Å². The van der Waals surface area contributed by atoms with Crippen LogP contribution >= 0.6 is 22.6 Å². The van der Waals surface area contributed by atoms with Crippen LogP contribution in [0.3, 0.4) is 0 Å². The Morgan fingerprint density at radius 3 is 2.46 bits per heavy atom. The van der Waals surface area contributed by atoms with E-state index < -0.39 is 11.9 Å². The van der Waals surface area contributed by atoms with E-state index in [0.29, 0.717) is 22.7 Å². The number of hydrogen-bond donors (Lipinski definition) is 1. The highest BCUT2D eigenvalue weighted by Crippen LogP contribution is 2.25. The van der Waals surface area contributed by atoms with Gasteiger partial charge in [0.15, 0.2) is 6.61 Å². The third kappa shape index (κ3) is 6.07. The van der Waals surface area contributed by atoms with Crippen molar-refractivity contribution in [2.45, 2.75) is 0 Å². The third-order valence-corrected chi connectivity index (χ3v) is 4.03. The zero-order chi connectivity index (χ0) is 18.9. The maximum Gasteiger partial charge on any atom is 0.331 e. The van der Waals surface area contributed by atoms with Crippen molar-refractivity contribution in [3.63, 3.8) is 0 Å². The number of ether oxygens (including phenoxy) is 3. The summed E-state index contributed by atoms with van der Waals surface area (Å²) in [6.45, 7) is -0.371. The minimum atomic E-state index is -0.632. The Bertz CT molecular complexity index is 802. The highest BCUT2D eigenvalue weighted by atomic mass is 127. The first-order chi connectivity index (χ1) is 12.5. The van der Waals surface area contributed by atoms with E-state index in [2.05, 4.69) is 27.9 Å². The Morgan fingerprint density at radius 1 is 1.08 bits per heavy atom. The molecule has 2 rings (SSSR count). The number of anilines is 1. The van der Waals surface area contributed by atoms with Gasteiger partial charge in [0.1, 0.15) is 11.5 Å². The average Bonchev–Trinajstić information content (AvgIpc) is 2.66. The lowest BCUT2D eigenvalue weighted by Crippen LogP contribution is -2.20. The average molecular weight is 467 g/mol. The summed E-state index contributed by atoms with van der Waals surface area (Å²) in [5.74, 6) is 0.182. The van der Waals surface area contributed by atoms with Crippen LogP contribution in [-0.4, -0.2) is 32.7 Å². The second-order valence-electron chi connectivity index (χ2n) is 5.10. The van der Waals surface area contributed by atoms with Gasteiger partial charge in [-0.1, -0.05) is 0 Å². The minimum Gasteiger partial charge on any atom is -0.497 e. The molecule has 0 atom stereocenters. The third-order valence-electron chi connectivity index (χ3n) is 3.31. The lowest BCUT2D eigenvalue weighted by molar-refractivity contribution is -0.142. The van der Waals surface area contributed by atoms with Gasteiger partial charge in [-0.15, -0.1) is 0 Å². The van der Waals surface area contributed by atoms with Gasteiger partial charge in [0, 0.05) is 20.9 Å². The van der Waals surface area contributed by atoms with Gasteiger partial charge in [0.2, 0.25) is 0 Å². The molecule has 0 aliphatic rings. The van der Waals surface area contributed by atoms with Gasteiger partial charge in [-0.2, -0.15) is 0 Å². The molecule has 0 unspecified atom stereocenters. The van der Waals surface area contributed by atoms with Crippen molar-refractivity contribution in [3.05, 3.63) is 57.7 Å². The molecule has 7 heteroatoms. The van der Waals surface area contributed by atoms with Crippen LogP contribution < -0.4 is 14.8 Å². The van der Waals surface area contributed by atoms with Crippen LogP contribution in [0.1, 0.15) is 5.56 Å². The summed E-state index contributed by atoms with van der Waals surface area (Å²) in [4.78, 5) is 23.6. The number of benzene rings is 2. The molecule has 26 heavy (non-hydrogen) atoms. The highest BCUT2D eigenvalue weighted by molar-refractivity contribution is 14.1. The van der Waals surface area contributed by atoms with Gasteiger partial charge < -0.3 is 19.5 Å². The number of rotatable bonds is 7. The van der Waals surface area contributed by atoms with Crippen molar-refractivity contribution in [1.82, 2.24) is 0 Å². The van der Waals surface area contributed by atoms with E-state index in [4.69, 9.17) is 14.2 Å². The van der Waals surface area contributed by atoms with E-state index in [1.54, 1.807) is 43.5 Å². The largest absolute Gasteiger partial charge is 0.497 e. The van der Waals surface area contributed by atoms with Crippen LogP contribution in [0.5, 0.6) is 11.5 Å². The van der Waals surface area contributed by atoms with E-state index in [9.17, 15) is 9.59 Å². The van der Waals surface area contributed by atoms with Crippen molar-refractivity contribution in [3.8, 4) is 11.5 Å². The first kappa shape index (κ1) is 19.8. The molecule has 0 aliphatic heterocycles. The number of carbonyl (C=O) groups excluding carboxylic acids is 2. The standard InChI is InChI=1S/C19H18INO5/c1-24-16-8-9-17(25-2)13(11-16)3-10-19(23)26-12-18(22)21-15-6-4-14(20)5-7-15/h3-11H,12H2,1-2H3,(H,21,22)/b10-3-. The fourth-order valence-electron chi connectivity index (χ4n) is 2.04. The Kier molecular flexibility index (Phi) is 7.46. The Labute approximate surface area is 165 Å². The number of hydrogen-bond acceptors (Lipinski definition) is 5. The molecule has 2 aromatic carbocycles. The van der Waals surface area contributed by atoms with Crippen LogP contribution in [0.4, 0.5) is 5.69 Å². The Morgan fingerprint density at radius 2 is 1.81 bits per heavy atom. The monoisotopic (exact) mass is 467 g/mol. The van der Waals surface area contributed by atoms with E-state index in [0.717, 1.165) is 3.57 Å². The summed E-state index contributed by atoms with van der Waals surface area (Å²) in [7, 11) is 3.09. The van der Waals surface area contributed by atoms with E-state index in [1.165, 1.54) is 13.2 Å². The normalized spacial score (nSPS) is 10.4.